The first-order valence-corrected chi connectivity index (χ1v) is 11.5. The summed E-state index contributed by atoms with van der Waals surface area (Å²) in [7, 11) is 0. The Morgan fingerprint density at radius 2 is 1.91 bits per heavy atom. The topological polar surface area (TPSA) is 83.9 Å². The fraction of sp³-hybridized carbons (Fsp3) is 0.200. The molecule has 1 unspecified atom stereocenters. The summed E-state index contributed by atoms with van der Waals surface area (Å²) in [4.78, 5) is 29.5. The van der Waals surface area contributed by atoms with E-state index in [0.29, 0.717) is 28.0 Å². The zero-order chi connectivity index (χ0) is 24.2. The average Bonchev–Trinajstić information content (AvgIpc) is 3.25. The predicted molar refractivity (Wildman–Crippen MR) is 130 cm³/mol. The Bertz CT molecular complexity index is 1230. The number of carbonyl (C=O) groups excluding carboxylic acids is 2. The molecule has 1 aliphatic rings. The van der Waals surface area contributed by atoms with Crippen LogP contribution >= 0.6 is 15.9 Å². The van der Waals surface area contributed by atoms with Gasteiger partial charge in [0, 0.05) is 22.8 Å². The monoisotopic (exact) mass is 524 g/mol. The maximum atomic E-state index is 14.5. The Kier molecular flexibility index (Phi) is 7.02. The largest absolute Gasteiger partial charge is 0.447 e. The van der Waals surface area contributed by atoms with Crippen molar-refractivity contribution in [3.8, 4) is 0 Å². The number of hydrogen-bond donors (Lipinski definition) is 1. The highest BCUT2D eigenvalue weighted by molar-refractivity contribution is 9.10. The highest BCUT2D eigenvalue weighted by atomic mass is 79.9. The van der Waals surface area contributed by atoms with E-state index in [9.17, 15) is 14.0 Å². The Balaban J connectivity index is 1.62. The molecule has 2 aromatic carbocycles. The number of pyridine rings is 1. The molecule has 0 radical (unpaired) electrons. The molecule has 2 amide bonds. The highest BCUT2D eigenvalue weighted by Gasteiger charge is 2.35. The number of ether oxygens (including phenoxy) is 1. The molecule has 34 heavy (non-hydrogen) atoms. The van der Waals surface area contributed by atoms with Crippen LogP contribution in [0.5, 0.6) is 0 Å². The summed E-state index contributed by atoms with van der Waals surface area (Å²) in [6.07, 6.45) is 1.29. The van der Waals surface area contributed by atoms with E-state index in [4.69, 9.17) is 4.74 Å². The third-order valence-corrected chi connectivity index (χ3v) is 5.61. The van der Waals surface area contributed by atoms with E-state index in [0.717, 1.165) is 5.56 Å². The van der Waals surface area contributed by atoms with Crippen molar-refractivity contribution in [2.45, 2.75) is 32.4 Å². The molecular formula is C25H22BrFN4O3. The summed E-state index contributed by atoms with van der Waals surface area (Å²) < 4.78 is 20.2. The van der Waals surface area contributed by atoms with Crippen LogP contribution in [0.4, 0.5) is 14.9 Å². The second-order valence-electron chi connectivity index (χ2n) is 7.95. The number of nitrogens with one attached hydrogen (secondary N) is 1. The Labute approximate surface area is 204 Å². The molecule has 0 bridgehead atoms. The standard InChI is InChI=1S/C25H22BrFN4O3/c1-15(2)34-25(33)29-18-9-6-16(7-10-18)22-14-23(21-5-3-4-12-28-21)31(30-22)24(32)19-11-8-17(26)13-20(19)27/h3-13,15,23H,14H2,1-2H3,(H,29,33). The molecule has 2 heterocycles. The zero-order valence-corrected chi connectivity index (χ0v) is 20.1. The van der Waals surface area contributed by atoms with Crippen molar-refractivity contribution in [1.29, 1.82) is 0 Å². The normalized spacial score (nSPS) is 15.3. The number of hydrazone groups is 1. The van der Waals surface area contributed by atoms with Crippen LogP contribution in [0.1, 0.15) is 47.9 Å². The fourth-order valence-electron chi connectivity index (χ4n) is 3.57. The van der Waals surface area contributed by atoms with Crippen LogP contribution in [0.3, 0.4) is 0 Å². The summed E-state index contributed by atoms with van der Waals surface area (Å²) in [6, 6.07) is 16.3. The smallest absolute Gasteiger partial charge is 0.411 e. The molecule has 0 saturated heterocycles. The average molecular weight is 525 g/mol. The quantitative estimate of drug-likeness (QED) is 0.448. The number of aromatic nitrogens is 1. The second-order valence-corrected chi connectivity index (χ2v) is 8.87. The Hall–Kier alpha value is -3.59. The van der Waals surface area contributed by atoms with E-state index in [2.05, 4.69) is 31.3 Å². The number of anilines is 1. The molecule has 1 N–H and O–H groups in total. The number of carbonyl (C=O) groups is 2. The minimum atomic E-state index is -0.633. The van der Waals surface area contributed by atoms with Gasteiger partial charge in [-0.05, 0) is 61.9 Å². The molecule has 1 aromatic heterocycles. The lowest BCUT2D eigenvalue weighted by atomic mass is 10.0. The number of nitrogens with zero attached hydrogens (tertiary/aromatic N) is 3. The Morgan fingerprint density at radius 1 is 1.15 bits per heavy atom. The van der Waals surface area contributed by atoms with E-state index in [1.807, 2.05) is 12.1 Å². The molecule has 0 spiro atoms. The van der Waals surface area contributed by atoms with Gasteiger partial charge in [-0.1, -0.05) is 34.1 Å². The lowest BCUT2D eigenvalue weighted by molar-refractivity contribution is 0.0703. The maximum absolute atomic E-state index is 14.5. The van der Waals surface area contributed by atoms with Crippen molar-refractivity contribution in [1.82, 2.24) is 9.99 Å². The van der Waals surface area contributed by atoms with Gasteiger partial charge in [0.25, 0.3) is 5.91 Å². The number of amides is 2. The third-order valence-electron chi connectivity index (χ3n) is 5.12. The van der Waals surface area contributed by atoms with Crippen LogP contribution in [-0.2, 0) is 4.74 Å². The van der Waals surface area contributed by atoms with Gasteiger partial charge in [-0.2, -0.15) is 5.10 Å². The van der Waals surface area contributed by atoms with Crippen molar-refractivity contribution in [2.24, 2.45) is 5.10 Å². The van der Waals surface area contributed by atoms with Crippen molar-refractivity contribution < 1.29 is 18.7 Å². The number of hydrogen-bond acceptors (Lipinski definition) is 5. The molecule has 0 fully saturated rings. The summed E-state index contributed by atoms with van der Waals surface area (Å²) in [5.74, 6) is -1.18. The molecule has 0 saturated carbocycles. The number of rotatable bonds is 5. The van der Waals surface area contributed by atoms with Gasteiger partial charge in [0.05, 0.1) is 23.1 Å². The molecule has 7 nitrogen and oxygen atoms in total. The first kappa shape index (κ1) is 23.6. The van der Waals surface area contributed by atoms with Crippen LogP contribution in [0.2, 0.25) is 0 Å². The minimum Gasteiger partial charge on any atom is -0.447 e. The van der Waals surface area contributed by atoms with Crippen LogP contribution in [0, 0.1) is 5.82 Å². The first-order valence-electron chi connectivity index (χ1n) is 10.7. The van der Waals surface area contributed by atoms with Gasteiger partial charge in [0.15, 0.2) is 0 Å². The number of halogens is 2. The van der Waals surface area contributed by atoms with Gasteiger partial charge in [0.2, 0.25) is 0 Å². The van der Waals surface area contributed by atoms with E-state index < -0.39 is 23.9 Å². The summed E-state index contributed by atoms with van der Waals surface area (Å²) in [6.45, 7) is 3.54. The predicted octanol–water partition coefficient (Wildman–Crippen LogP) is 5.93. The minimum absolute atomic E-state index is 0.0719. The van der Waals surface area contributed by atoms with Crippen LogP contribution in [-0.4, -0.2) is 33.8 Å². The lowest BCUT2D eigenvalue weighted by Crippen LogP contribution is -2.28. The van der Waals surface area contributed by atoms with Gasteiger partial charge >= 0.3 is 6.09 Å². The van der Waals surface area contributed by atoms with Crippen molar-refractivity contribution >= 4 is 39.3 Å². The summed E-state index contributed by atoms with van der Waals surface area (Å²) in [5.41, 5.74) is 2.58. The van der Waals surface area contributed by atoms with Crippen LogP contribution in [0.25, 0.3) is 0 Å². The van der Waals surface area contributed by atoms with Crippen molar-refractivity contribution in [3.05, 3.63) is 94.0 Å². The molecule has 0 aliphatic carbocycles. The van der Waals surface area contributed by atoms with Gasteiger partial charge in [-0.15, -0.1) is 0 Å². The van der Waals surface area contributed by atoms with E-state index in [1.165, 1.54) is 17.1 Å². The molecular weight excluding hydrogens is 503 g/mol. The summed E-state index contributed by atoms with van der Waals surface area (Å²) in [5, 5.41) is 8.51. The van der Waals surface area contributed by atoms with Crippen LogP contribution < -0.4 is 5.32 Å². The third kappa shape index (κ3) is 5.31. The molecule has 9 heteroatoms. The first-order chi connectivity index (χ1) is 16.3. The molecule has 3 aromatic rings. The summed E-state index contributed by atoms with van der Waals surface area (Å²) >= 11 is 3.21. The van der Waals surface area contributed by atoms with Gasteiger partial charge < -0.3 is 4.74 Å². The van der Waals surface area contributed by atoms with E-state index >= 15 is 0 Å². The van der Waals surface area contributed by atoms with Gasteiger partial charge in [-0.25, -0.2) is 14.2 Å². The Morgan fingerprint density at radius 3 is 2.56 bits per heavy atom. The van der Waals surface area contributed by atoms with E-state index in [-0.39, 0.29) is 11.7 Å². The maximum Gasteiger partial charge on any atom is 0.411 e. The lowest BCUT2D eigenvalue weighted by Gasteiger charge is -2.21. The molecule has 4 rings (SSSR count). The van der Waals surface area contributed by atoms with Crippen molar-refractivity contribution in [2.75, 3.05) is 5.32 Å². The fourth-order valence-corrected chi connectivity index (χ4v) is 3.90. The van der Waals surface area contributed by atoms with E-state index in [1.54, 1.807) is 56.4 Å². The molecule has 174 valence electrons. The second kappa shape index (κ2) is 10.1. The molecule has 1 aliphatic heterocycles. The van der Waals surface area contributed by atoms with Gasteiger partial charge in [0.1, 0.15) is 11.9 Å². The van der Waals surface area contributed by atoms with Crippen LogP contribution in [0.15, 0.2) is 76.4 Å². The highest BCUT2D eigenvalue weighted by Crippen LogP contribution is 2.33. The van der Waals surface area contributed by atoms with Gasteiger partial charge in [-0.3, -0.25) is 15.1 Å². The molecule has 1 atom stereocenters. The SMILES string of the molecule is CC(C)OC(=O)Nc1ccc(C2=NN(C(=O)c3ccc(Br)cc3F)C(c3ccccn3)C2)cc1. The number of benzene rings is 2. The van der Waals surface area contributed by atoms with Crippen molar-refractivity contribution in [3.63, 3.8) is 0 Å². The zero-order valence-electron chi connectivity index (χ0n) is 18.5.